The lowest BCUT2D eigenvalue weighted by Crippen LogP contribution is -2.21. The second kappa shape index (κ2) is 3.14. The molecule has 0 aromatic rings. The highest BCUT2D eigenvalue weighted by Crippen LogP contribution is 2.31. The van der Waals surface area contributed by atoms with E-state index in [1.54, 1.807) is 0 Å². The number of rotatable bonds is 2. The predicted octanol–water partition coefficient (Wildman–Crippen LogP) is 2.74. The Bertz CT molecular complexity index is 121. The van der Waals surface area contributed by atoms with Crippen molar-refractivity contribution in [3.05, 3.63) is 0 Å². The summed E-state index contributed by atoms with van der Waals surface area (Å²) >= 11 is 0. The van der Waals surface area contributed by atoms with E-state index >= 15 is 0 Å². The van der Waals surface area contributed by atoms with E-state index in [-0.39, 0.29) is 0 Å². The van der Waals surface area contributed by atoms with Crippen molar-refractivity contribution in [1.82, 2.24) is 0 Å². The molecule has 0 atom stereocenters. The third-order valence-electron chi connectivity index (χ3n) is 2.87. The number of hydrogen-bond donors (Lipinski definition) is 0. The molecule has 11 heavy (non-hydrogen) atoms. The minimum atomic E-state index is 0.624. The molecule has 2 saturated carbocycles. The van der Waals surface area contributed by atoms with Crippen LogP contribution >= 0.6 is 0 Å². The monoisotopic (exact) mass is 154 g/mol. The molecule has 0 unspecified atom stereocenters. The number of ether oxygens (including phenoxy) is 1. The normalized spacial score (nSPS) is 39.0. The van der Waals surface area contributed by atoms with Crippen molar-refractivity contribution in [3.8, 4) is 0 Å². The quantitative estimate of drug-likeness (QED) is 0.594. The Balaban J connectivity index is 1.69. The van der Waals surface area contributed by atoms with E-state index < -0.39 is 0 Å². The summed E-state index contributed by atoms with van der Waals surface area (Å²) in [6, 6.07) is 0. The van der Waals surface area contributed by atoms with Crippen molar-refractivity contribution in [3.63, 3.8) is 0 Å². The predicted molar refractivity (Wildman–Crippen MR) is 45.5 cm³/mol. The summed E-state index contributed by atoms with van der Waals surface area (Å²) in [6.07, 6.45) is 9.34. The molecule has 0 spiro atoms. The molecule has 2 aliphatic carbocycles. The van der Waals surface area contributed by atoms with Crippen LogP contribution in [0.1, 0.15) is 45.4 Å². The van der Waals surface area contributed by atoms with Gasteiger partial charge in [0, 0.05) is 0 Å². The molecule has 0 aromatic heterocycles. The molecule has 1 nitrogen and oxygen atoms in total. The second-order valence-corrected chi connectivity index (χ2v) is 4.22. The summed E-state index contributed by atoms with van der Waals surface area (Å²) in [5, 5.41) is 0. The SMILES string of the molecule is C[C@H]1CC[C@H](OC2CC2)CC1. The van der Waals surface area contributed by atoms with Gasteiger partial charge in [0.25, 0.3) is 0 Å². The minimum absolute atomic E-state index is 0.624. The lowest BCUT2D eigenvalue weighted by Gasteiger charge is -2.26. The highest BCUT2D eigenvalue weighted by Gasteiger charge is 2.28. The lowest BCUT2D eigenvalue weighted by molar-refractivity contribution is 0.00846. The second-order valence-electron chi connectivity index (χ2n) is 4.22. The van der Waals surface area contributed by atoms with E-state index in [1.165, 1.54) is 38.5 Å². The summed E-state index contributed by atoms with van der Waals surface area (Å²) in [7, 11) is 0. The molecule has 0 saturated heterocycles. The van der Waals surface area contributed by atoms with Crippen LogP contribution in [-0.4, -0.2) is 12.2 Å². The van der Waals surface area contributed by atoms with Crippen LogP contribution in [0.15, 0.2) is 0 Å². The van der Waals surface area contributed by atoms with Gasteiger partial charge in [0.2, 0.25) is 0 Å². The number of hydrogen-bond acceptors (Lipinski definition) is 1. The maximum absolute atomic E-state index is 5.85. The van der Waals surface area contributed by atoms with Crippen molar-refractivity contribution in [2.24, 2.45) is 5.92 Å². The van der Waals surface area contributed by atoms with E-state index in [0.29, 0.717) is 12.2 Å². The highest BCUT2D eigenvalue weighted by atomic mass is 16.5. The largest absolute Gasteiger partial charge is 0.375 e. The Morgan fingerprint density at radius 2 is 1.27 bits per heavy atom. The average Bonchev–Trinajstić information content (AvgIpc) is 2.78. The zero-order valence-corrected chi connectivity index (χ0v) is 7.38. The third kappa shape index (κ3) is 2.19. The van der Waals surface area contributed by atoms with Crippen LogP contribution in [0.3, 0.4) is 0 Å². The van der Waals surface area contributed by atoms with Crippen molar-refractivity contribution >= 4 is 0 Å². The highest BCUT2D eigenvalue weighted by molar-refractivity contribution is 4.78. The summed E-state index contributed by atoms with van der Waals surface area (Å²) in [4.78, 5) is 0. The zero-order chi connectivity index (χ0) is 7.68. The minimum Gasteiger partial charge on any atom is -0.375 e. The third-order valence-corrected chi connectivity index (χ3v) is 2.87. The van der Waals surface area contributed by atoms with Crippen LogP contribution in [0.4, 0.5) is 0 Å². The molecular weight excluding hydrogens is 136 g/mol. The van der Waals surface area contributed by atoms with Crippen molar-refractivity contribution < 1.29 is 4.74 Å². The van der Waals surface area contributed by atoms with E-state index in [1.807, 2.05) is 0 Å². The zero-order valence-electron chi connectivity index (χ0n) is 7.38. The van der Waals surface area contributed by atoms with Crippen molar-refractivity contribution in [2.75, 3.05) is 0 Å². The van der Waals surface area contributed by atoms with Gasteiger partial charge in [0.05, 0.1) is 12.2 Å². The van der Waals surface area contributed by atoms with Crippen LogP contribution in [0.2, 0.25) is 0 Å². The van der Waals surface area contributed by atoms with Crippen molar-refractivity contribution in [1.29, 1.82) is 0 Å². The molecule has 0 radical (unpaired) electrons. The Kier molecular flexibility index (Phi) is 2.17. The first-order valence-corrected chi connectivity index (χ1v) is 5.00. The van der Waals surface area contributed by atoms with E-state index in [0.717, 1.165) is 5.92 Å². The standard InChI is InChI=1S/C10H18O/c1-8-2-4-9(5-3-8)11-10-6-7-10/h8-10H,2-7H2,1H3/t8-,9-. The van der Waals surface area contributed by atoms with Gasteiger partial charge in [0.1, 0.15) is 0 Å². The lowest BCUT2D eigenvalue weighted by atomic mass is 9.89. The van der Waals surface area contributed by atoms with Gasteiger partial charge >= 0.3 is 0 Å². The summed E-state index contributed by atoms with van der Waals surface area (Å²) < 4.78 is 5.85. The molecule has 1 heteroatoms. The Morgan fingerprint density at radius 3 is 1.73 bits per heavy atom. The van der Waals surface area contributed by atoms with E-state index in [4.69, 9.17) is 4.74 Å². The molecule has 0 aliphatic heterocycles. The van der Waals surface area contributed by atoms with Gasteiger partial charge < -0.3 is 4.74 Å². The van der Waals surface area contributed by atoms with Crippen LogP contribution in [0, 0.1) is 5.92 Å². The molecule has 64 valence electrons. The van der Waals surface area contributed by atoms with Gasteiger partial charge in [-0.2, -0.15) is 0 Å². The van der Waals surface area contributed by atoms with Gasteiger partial charge in [-0.1, -0.05) is 6.92 Å². The molecule has 0 N–H and O–H groups in total. The fraction of sp³-hybridized carbons (Fsp3) is 1.00. The topological polar surface area (TPSA) is 9.23 Å². The molecule has 2 fully saturated rings. The molecule has 0 heterocycles. The first-order valence-electron chi connectivity index (χ1n) is 5.00. The van der Waals surface area contributed by atoms with E-state index in [9.17, 15) is 0 Å². The fourth-order valence-electron chi connectivity index (χ4n) is 1.84. The molecule has 0 aromatic carbocycles. The first-order chi connectivity index (χ1) is 5.34. The maximum atomic E-state index is 5.85. The van der Waals surface area contributed by atoms with Gasteiger partial charge in [-0.15, -0.1) is 0 Å². The molecule has 0 bridgehead atoms. The average molecular weight is 154 g/mol. The van der Waals surface area contributed by atoms with Crippen molar-refractivity contribution in [2.45, 2.75) is 57.7 Å². The summed E-state index contributed by atoms with van der Waals surface area (Å²) in [6.45, 7) is 2.35. The van der Waals surface area contributed by atoms with Gasteiger partial charge in [0.15, 0.2) is 0 Å². The Hall–Kier alpha value is -0.0400. The summed E-state index contributed by atoms with van der Waals surface area (Å²) in [5.41, 5.74) is 0. The molecular formula is C10H18O. The van der Waals surface area contributed by atoms with Crippen LogP contribution < -0.4 is 0 Å². The van der Waals surface area contributed by atoms with Gasteiger partial charge in [-0.25, -0.2) is 0 Å². The Labute approximate surface area is 69.1 Å². The molecule has 2 aliphatic rings. The van der Waals surface area contributed by atoms with Gasteiger partial charge in [-0.3, -0.25) is 0 Å². The summed E-state index contributed by atoms with van der Waals surface area (Å²) in [5.74, 6) is 0.953. The Morgan fingerprint density at radius 1 is 0.818 bits per heavy atom. The van der Waals surface area contributed by atoms with Crippen LogP contribution in [0.25, 0.3) is 0 Å². The maximum Gasteiger partial charge on any atom is 0.0580 e. The smallest absolute Gasteiger partial charge is 0.0580 e. The molecule has 0 amide bonds. The first kappa shape index (κ1) is 7.60. The van der Waals surface area contributed by atoms with Gasteiger partial charge in [-0.05, 0) is 44.4 Å². The van der Waals surface area contributed by atoms with Crippen LogP contribution in [-0.2, 0) is 4.74 Å². The van der Waals surface area contributed by atoms with E-state index in [2.05, 4.69) is 6.92 Å². The van der Waals surface area contributed by atoms with Crippen LogP contribution in [0.5, 0.6) is 0 Å². The molecule has 2 rings (SSSR count). The fourth-order valence-corrected chi connectivity index (χ4v) is 1.84.